The molecule has 0 atom stereocenters. The Morgan fingerprint density at radius 3 is 2.73 bits per heavy atom. The molecule has 0 aliphatic heterocycles. The fraction of sp³-hybridized carbons (Fsp3) is 0.300. The van der Waals surface area contributed by atoms with Gasteiger partial charge in [-0.3, -0.25) is 0 Å². The van der Waals surface area contributed by atoms with Crippen molar-refractivity contribution >= 4 is 0 Å². The van der Waals surface area contributed by atoms with Crippen LogP contribution >= 0.6 is 0 Å². The number of hydrogen-bond donors (Lipinski definition) is 0. The third-order valence-corrected chi connectivity index (χ3v) is 1.71. The normalized spacial score (nSPS) is 17.5. The number of allylic oxidation sites excluding steroid dienone is 6. The van der Waals surface area contributed by atoms with Gasteiger partial charge in [0.25, 0.3) is 0 Å². The number of nitrogens with zero attached hydrogens (tertiary/aromatic N) is 1. The lowest BCUT2D eigenvalue weighted by Crippen LogP contribution is -1.88. The molecule has 0 spiro atoms. The summed E-state index contributed by atoms with van der Waals surface area (Å²) in [4.78, 5) is 0. The van der Waals surface area contributed by atoms with E-state index in [-0.39, 0.29) is 0 Å². The van der Waals surface area contributed by atoms with Crippen LogP contribution in [0, 0.1) is 11.3 Å². The fourth-order valence-corrected chi connectivity index (χ4v) is 1.10. The van der Waals surface area contributed by atoms with Crippen LogP contribution in [0.5, 0.6) is 0 Å². The molecule has 1 aliphatic carbocycles. The Bertz CT molecular complexity index is 261. The van der Waals surface area contributed by atoms with Gasteiger partial charge in [-0.1, -0.05) is 18.2 Å². The lowest BCUT2D eigenvalue weighted by atomic mass is 9.99. The molecule has 0 saturated heterocycles. The molecule has 0 aromatic carbocycles. The molecule has 0 bridgehead atoms. The monoisotopic (exact) mass is 145 g/mol. The minimum atomic E-state index is 0.887. The third-order valence-electron chi connectivity index (χ3n) is 1.71. The number of hydrogen-bond acceptors (Lipinski definition) is 1. The van der Waals surface area contributed by atoms with Crippen LogP contribution in [0.25, 0.3) is 0 Å². The molecule has 0 aromatic rings. The lowest BCUT2D eigenvalue weighted by Gasteiger charge is -2.05. The van der Waals surface area contributed by atoms with E-state index in [0.29, 0.717) is 0 Å². The van der Waals surface area contributed by atoms with Crippen LogP contribution in [0.3, 0.4) is 0 Å². The van der Waals surface area contributed by atoms with Crippen LogP contribution in [0.1, 0.15) is 19.8 Å². The van der Waals surface area contributed by atoms with Crippen molar-refractivity contribution in [1.29, 1.82) is 5.26 Å². The summed E-state index contributed by atoms with van der Waals surface area (Å²) in [6.07, 6.45) is 9.93. The minimum Gasteiger partial charge on any atom is -0.193 e. The summed E-state index contributed by atoms with van der Waals surface area (Å²) in [7, 11) is 0. The summed E-state index contributed by atoms with van der Waals surface area (Å²) in [5.41, 5.74) is 2.20. The van der Waals surface area contributed by atoms with Crippen molar-refractivity contribution in [3.63, 3.8) is 0 Å². The smallest absolute Gasteiger partial charge is 0.0947 e. The Kier molecular flexibility index (Phi) is 2.68. The highest BCUT2D eigenvalue weighted by Gasteiger charge is 2.01. The molecule has 0 radical (unpaired) electrons. The van der Waals surface area contributed by atoms with Gasteiger partial charge in [-0.15, -0.1) is 0 Å². The van der Waals surface area contributed by atoms with Crippen LogP contribution in [0.15, 0.2) is 35.5 Å². The van der Waals surface area contributed by atoms with Crippen molar-refractivity contribution in [3.8, 4) is 6.07 Å². The first-order chi connectivity index (χ1) is 5.36. The number of nitriles is 1. The molecule has 0 amide bonds. The molecule has 0 saturated carbocycles. The van der Waals surface area contributed by atoms with Crippen molar-refractivity contribution in [1.82, 2.24) is 0 Å². The molecule has 0 fully saturated rings. The van der Waals surface area contributed by atoms with Gasteiger partial charge >= 0.3 is 0 Å². The molecule has 1 aliphatic rings. The molecule has 0 unspecified atom stereocenters. The molecular formula is C10H11N. The Balaban J connectivity index is 2.71. The summed E-state index contributed by atoms with van der Waals surface area (Å²) in [5, 5.41) is 8.54. The zero-order valence-corrected chi connectivity index (χ0v) is 6.67. The minimum absolute atomic E-state index is 0.887. The Morgan fingerprint density at radius 2 is 2.27 bits per heavy atom. The highest BCUT2D eigenvalue weighted by molar-refractivity contribution is 5.36. The summed E-state index contributed by atoms with van der Waals surface area (Å²) in [6, 6.07) is 2.16. The van der Waals surface area contributed by atoms with E-state index in [1.807, 2.05) is 25.2 Å². The molecular weight excluding hydrogens is 134 g/mol. The van der Waals surface area contributed by atoms with Crippen LogP contribution in [-0.4, -0.2) is 0 Å². The quantitative estimate of drug-likeness (QED) is 0.556. The Labute approximate surface area is 67.3 Å². The first kappa shape index (κ1) is 7.81. The van der Waals surface area contributed by atoms with Gasteiger partial charge in [0.15, 0.2) is 0 Å². The van der Waals surface area contributed by atoms with E-state index in [2.05, 4.69) is 12.1 Å². The topological polar surface area (TPSA) is 23.8 Å². The van der Waals surface area contributed by atoms with Gasteiger partial charge < -0.3 is 0 Å². The van der Waals surface area contributed by atoms with Gasteiger partial charge in [0.2, 0.25) is 0 Å². The average Bonchev–Trinajstić information content (AvgIpc) is 2.07. The first-order valence-corrected chi connectivity index (χ1v) is 3.79. The van der Waals surface area contributed by atoms with Crippen LogP contribution in [-0.2, 0) is 0 Å². The van der Waals surface area contributed by atoms with E-state index in [1.54, 1.807) is 0 Å². The maximum Gasteiger partial charge on any atom is 0.0947 e. The molecule has 0 N–H and O–H groups in total. The van der Waals surface area contributed by atoms with Crippen LogP contribution < -0.4 is 0 Å². The average molecular weight is 145 g/mol. The van der Waals surface area contributed by atoms with Gasteiger partial charge in [-0.2, -0.15) is 5.26 Å². The van der Waals surface area contributed by atoms with Crippen LogP contribution in [0.4, 0.5) is 0 Å². The van der Waals surface area contributed by atoms with E-state index >= 15 is 0 Å². The first-order valence-electron chi connectivity index (χ1n) is 3.79. The second kappa shape index (κ2) is 3.78. The standard InChI is InChI=1S/C10H11N/c1-2-3-9-4-6-10(8-11)7-5-9/h2-4,6H,5,7H2,1H3/b3-2+. The molecule has 1 nitrogen and oxygen atoms in total. The van der Waals surface area contributed by atoms with E-state index in [0.717, 1.165) is 18.4 Å². The SMILES string of the molecule is C/C=C/C1=CC=C(C#N)CC1. The van der Waals surface area contributed by atoms with Gasteiger partial charge in [-0.25, -0.2) is 0 Å². The van der Waals surface area contributed by atoms with E-state index in [1.165, 1.54) is 5.57 Å². The maximum atomic E-state index is 8.54. The lowest BCUT2D eigenvalue weighted by molar-refractivity contribution is 0.955. The second-order valence-electron chi connectivity index (χ2n) is 2.55. The van der Waals surface area contributed by atoms with E-state index in [4.69, 9.17) is 5.26 Å². The van der Waals surface area contributed by atoms with E-state index in [9.17, 15) is 0 Å². The van der Waals surface area contributed by atoms with Crippen molar-refractivity contribution < 1.29 is 0 Å². The van der Waals surface area contributed by atoms with Gasteiger partial charge in [0, 0.05) is 5.57 Å². The van der Waals surface area contributed by atoms with Crippen molar-refractivity contribution in [2.45, 2.75) is 19.8 Å². The van der Waals surface area contributed by atoms with Gasteiger partial charge in [0.1, 0.15) is 0 Å². The predicted molar refractivity (Wildman–Crippen MR) is 45.8 cm³/mol. The van der Waals surface area contributed by atoms with Crippen molar-refractivity contribution in [2.24, 2.45) is 0 Å². The third kappa shape index (κ3) is 2.09. The summed E-state index contributed by atoms with van der Waals surface area (Å²) < 4.78 is 0. The molecule has 0 aromatic heterocycles. The van der Waals surface area contributed by atoms with Crippen LogP contribution in [0.2, 0.25) is 0 Å². The molecule has 56 valence electrons. The predicted octanol–water partition coefficient (Wildman–Crippen LogP) is 2.73. The molecule has 11 heavy (non-hydrogen) atoms. The van der Waals surface area contributed by atoms with E-state index < -0.39 is 0 Å². The summed E-state index contributed by atoms with van der Waals surface area (Å²) in [6.45, 7) is 2.00. The molecule has 1 rings (SSSR count). The fourth-order valence-electron chi connectivity index (χ4n) is 1.10. The van der Waals surface area contributed by atoms with Crippen molar-refractivity contribution in [2.75, 3.05) is 0 Å². The largest absolute Gasteiger partial charge is 0.193 e. The highest BCUT2D eigenvalue weighted by atomic mass is 14.2. The van der Waals surface area contributed by atoms with Gasteiger partial charge in [0.05, 0.1) is 6.07 Å². The molecule has 0 heterocycles. The zero-order chi connectivity index (χ0) is 8.10. The molecule has 1 heteroatoms. The zero-order valence-electron chi connectivity index (χ0n) is 6.67. The summed E-state index contributed by atoms with van der Waals surface area (Å²) >= 11 is 0. The Hall–Kier alpha value is -1.29. The summed E-state index contributed by atoms with van der Waals surface area (Å²) in [5.74, 6) is 0. The number of rotatable bonds is 1. The maximum absolute atomic E-state index is 8.54. The second-order valence-corrected chi connectivity index (χ2v) is 2.55. The highest BCUT2D eigenvalue weighted by Crippen LogP contribution is 2.18. The van der Waals surface area contributed by atoms with Crippen molar-refractivity contribution in [3.05, 3.63) is 35.5 Å². The van der Waals surface area contributed by atoms with Gasteiger partial charge in [-0.05, 0) is 31.4 Å². The Morgan fingerprint density at radius 1 is 1.45 bits per heavy atom.